The highest BCUT2D eigenvalue weighted by molar-refractivity contribution is 6.14. The van der Waals surface area contributed by atoms with E-state index in [0.29, 0.717) is 0 Å². The summed E-state index contributed by atoms with van der Waals surface area (Å²) in [6.07, 6.45) is 0. The van der Waals surface area contributed by atoms with Crippen molar-refractivity contribution in [2.24, 2.45) is 0 Å². The van der Waals surface area contributed by atoms with Gasteiger partial charge < -0.3 is 9.32 Å². The van der Waals surface area contributed by atoms with E-state index in [4.69, 9.17) is 4.42 Å². The molecule has 0 radical (unpaired) electrons. The summed E-state index contributed by atoms with van der Waals surface area (Å²) in [7, 11) is 0. The minimum absolute atomic E-state index is 0.866. The molecule has 0 saturated heterocycles. The van der Waals surface area contributed by atoms with Crippen molar-refractivity contribution in [3.05, 3.63) is 224 Å². The van der Waals surface area contributed by atoms with Crippen molar-refractivity contribution in [2.75, 3.05) is 4.90 Å². The lowest BCUT2D eigenvalue weighted by Gasteiger charge is -2.27. The molecule has 60 heavy (non-hydrogen) atoms. The Morgan fingerprint density at radius 2 is 0.733 bits per heavy atom. The third-order valence-electron chi connectivity index (χ3n) is 12.2. The molecule has 0 N–H and O–H groups in total. The van der Waals surface area contributed by atoms with E-state index in [1.807, 2.05) is 6.07 Å². The first-order valence-corrected chi connectivity index (χ1v) is 20.6. The van der Waals surface area contributed by atoms with Crippen LogP contribution in [-0.2, 0) is 0 Å². The van der Waals surface area contributed by atoms with Gasteiger partial charge in [-0.3, -0.25) is 0 Å². The molecule has 280 valence electrons. The van der Waals surface area contributed by atoms with E-state index in [1.165, 1.54) is 59.8 Å². The highest BCUT2D eigenvalue weighted by Gasteiger charge is 2.20. The molecule has 2 heteroatoms. The number of anilines is 3. The fraction of sp³-hybridized carbons (Fsp3) is 0. The second-order valence-electron chi connectivity index (χ2n) is 15.7. The SMILES string of the molecule is c1cc(-c2ccc(-c3ccc4ccc5ccccc5c4c3)cc2)cc(N(c2cccc(-c3ccc4c(ccc5ccccc54)c3)c2)c2cccc3oc4ccccc4c23)c1. The van der Waals surface area contributed by atoms with Crippen LogP contribution in [0.15, 0.2) is 229 Å². The van der Waals surface area contributed by atoms with E-state index in [0.717, 1.165) is 55.7 Å². The first kappa shape index (κ1) is 34.1. The van der Waals surface area contributed by atoms with Crippen LogP contribution < -0.4 is 4.90 Å². The molecule has 0 atom stereocenters. The molecule has 2 nitrogen and oxygen atoms in total. The molecule has 0 fully saturated rings. The van der Waals surface area contributed by atoms with E-state index in [9.17, 15) is 0 Å². The molecule has 0 saturated carbocycles. The highest BCUT2D eigenvalue weighted by Crippen LogP contribution is 2.45. The van der Waals surface area contributed by atoms with E-state index in [-0.39, 0.29) is 0 Å². The Morgan fingerprint density at radius 1 is 0.267 bits per heavy atom. The summed E-state index contributed by atoms with van der Waals surface area (Å²) in [6, 6.07) is 81.4. The zero-order valence-electron chi connectivity index (χ0n) is 32.7. The zero-order chi connectivity index (χ0) is 39.6. The second kappa shape index (κ2) is 13.9. The Kier molecular flexibility index (Phi) is 7.89. The van der Waals surface area contributed by atoms with Gasteiger partial charge in [0.15, 0.2) is 0 Å². The van der Waals surface area contributed by atoms with Crippen LogP contribution in [0.4, 0.5) is 17.1 Å². The summed E-state index contributed by atoms with van der Waals surface area (Å²) in [5.41, 5.74) is 12.0. The minimum atomic E-state index is 0.866. The number of rotatable bonds is 6. The highest BCUT2D eigenvalue weighted by atomic mass is 16.3. The van der Waals surface area contributed by atoms with Gasteiger partial charge in [-0.05, 0) is 131 Å². The minimum Gasteiger partial charge on any atom is -0.456 e. The van der Waals surface area contributed by atoms with Crippen molar-refractivity contribution in [3.63, 3.8) is 0 Å². The number of hydrogen-bond donors (Lipinski definition) is 0. The predicted molar refractivity (Wildman–Crippen MR) is 255 cm³/mol. The standard InChI is InChI=1S/C58H37NO/c1-3-16-50-40(10-1)29-31-47-34-45(32-33-52(47)50)44-13-8-15-49(36-44)59(55-19-9-21-57-58(55)53-18-5-6-20-56(53)60-57)48-14-7-12-43(35-48)38-22-24-39(25-23-38)46-30-28-42-27-26-41-11-2-4-17-51(41)54(42)37-46/h1-37H. The fourth-order valence-electron chi connectivity index (χ4n) is 9.25. The normalized spacial score (nSPS) is 11.7. The number of fused-ring (bicyclic) bond motifs is 9. The molecule has 0 aliphatic heterocycles. The van der Waals surface area contributed by atoms with Crippen LogP contribution in [-0.4, -0.2) is 0 Å². The van der Waals surface area contributed by atoms with Crippen molar-refractivity contribution < 1.29 is 4.42 Å². The maximum Gasteiger partial charge on any atom is 0.137 e. The lowest BCUT2D eigenvalue weighted by Crippen LogP contribution is -2.10. The quantitative estimate of drug-likeness (QED) is 0.157. The number of hydrogen-bond acceptors (Lipinski definition) is 2. The number of benzene rings is 11. The second-order valence-corrected chi connectivity index (χ2v) is 15.7. The first-order valence-electron chi connectivity index (χ1n) is 20.6. The smallest absolute Gasteiger partial charge is 0.137 e. The molecule has 1 heterocycles. The van der Waals surface area contributed by atoms with Gasteiger partial charge >= 0.3 is 0 Å². The van der Waals surface area contributed by atoms with Gasteiger partial charge in [0.05, 0.1) is 11.1 Å². The molecule has 0 bridgehead atoms. The molecule has 0 aliphatic carbocycles. The van der Waals surface area contributed by atoms with Crippen LogP contribution in [0.5, 0.6) is 0 Å². The van der Waals surface area contributed by atoms with Gasteiger partial charge in [0.2, 0.25) is 0 Å². The third-order valence-corrected chi connectivity index (χ3v) is 12.2. The number of furan rings is 1. The van der Waals surface area contributed by atoms with Crippen LogP contribution in [0, 0.1) is 0 Å². The van der Waals surface area contributed by atoms with Gasteiger partial charge in [-0.25, -0.2) is 0 Å². The van der Waals surface area contributed by atoms with Gasteiger partial charge in [0.25, 0.3) is 0 Å². The molecule has 12 rings (SSSR count). The molecule has 11 aromatic carbocycles. The van der Waals surface area contributed by atoms with E-state index in [1.54, 1.807) is 0 Å². The van der Waals surface area contributed by atoms with Crippen LogP contribution in [0.3, 0.4) is 0 Å². The first-order chi connectivity index (χ1) is 29.7. The van der Waals surface area contributed by atoms with Gasteiger partial charge in [-0.2, -0.15) is 0 Å². The maximum absolute atomic E-state index is 6.44. The lowest BCUT2D eigenvalue weighted by atomic mass is 9.95. The molecule has 12 aromatic rings. The Morgan fingerprint density at radius 3 is 1.45 bits per heavy atom. The van der Waals surface area contributed by atoms with E-state index in [2.05, 4.69) is 223 Å². The third kappa shape index (κ3) is 5.73. The molecule has 1 aromatic heterocycles. The van der Waals surface area contributed by atoms with Crippen LogP contribution in [0.25, 0.3) is 98.4 Å². The predicted octanol–water partition coefficient (Wildman–Crippen LogP) is 16.7. The van der Waals surface area contributed by atoms with Crippen molar-refractivity contribution in [2.45, 2.75) is 0 Å². The summed E-state index contributed by atoms with van der Waals surface area (Å²) in [5.74, 6) is 0. The van der Waals surface area contributed by atoms with Crippen LogP contribution >= 0.6 is 0 Å². The van der Waals surface area contributed by atoms with Gasteiger partial charge in [-0.1, -0.05) is 170 Å². The van der Waals surface area contributed by atoms with Gasteiger partial charge in [0, 0.05) is 16.8 Å². The van der Waals surface area contributed by atoms with E-state index >= 15 is 0 Å². The zero-order valence-corrected chi connectivity index (χ0v) is 32.7. The van der Waals surface area contributed by atoms with E-state index < -0.39 is 0 Å². The number of para-hydroxylation sites is 1. The van der Waals surface area contributed by atoms with Gasteiger partial charge in [0.1, 0.15) is 11.2 Å². The molecule has 0 unspecified atom stereocenters. The summed E-state index contributed by atoms with van der Waals surface area (Å²) >= 11 is 0. The molecule has 0 amide bonds. The van der Waals surface area contributed by atoms with Crippen molar-refractivity contribution in [1.82, 2.24) is 0 Å². The average Bonchev–Trinajstić information content (AvgIpc) is 3.71. The lowest BCUT2D eigenvalue weighted by molar-refractivity contribution is 0.669. The Hall–Kier alpha value is -7.94. The molecular formula is C58H37NO. The monoisotopic (exact) mass is 763 g/mol. The molecular weight excluding hydrogens is 727 g/mol. The Labute approximate surface area is 347 Å². The average molecular weight is 764 g/mol. The van der Waals surface area contributed by atoms with Crippen LogP contribution in [0.1, 0.15) is 0 Å². The molecule has 0 aliphatic rings. The number of nitrogens with zero attached hydrogens (tertiary/aromatic N) is 1. The van der Waals surface area contributed by atoms with Crippen LogP contribution in [0.2, 0.25) is 0 Å². The Balaban J connectivity index is 0.968. The summed E-state index contributed by atoms with van der Waals surface area (Å²) in [4.78, 5) is 2.39. The summed E-state index contributed by atoms with van der Waals surface area (Å²) in [5, 5.41) is 12.3. The topological polar surface area (TPSA) is 16.4 Å². The molecule has 0 spiro atoms. The fourth-order valence-corrected chi connectivity index (χ4v) is 9.25. The van der Waals surface area contributed by atoms with Crippen molar-refractivity contribution >= 4 is 82.1 Å². The summed E-state index contributed by atoms with van der Waals surface area (Å²) < 4.78 is 6.44. The maximum atomic E-state index is 6.44. The van der Waals surface area contributed by atoms with Gasteiger partial charge in [-0.15, -0.1) is 0 Å². The Bertz CT molecular complexity index is 3610. The van der Waals surface area contributed by atoms with Crippen molar-refractivity contribution in [1.29, 1.82) is 0 Å². The summed E-state index contributed by atoms with van der Waals surface area (Å²) in [6.45, 7) is 0. The van der Waals surface area contributed by atoms with Crippen molar-refractivity contribution in [3.8, 4) is 33.4 Å². The largest absolute Gasteiger partial charge is 0.456 e.